The SMILES string of the molecule is Cc1cc(Cl)ccc1OC(C)C(=O)N[C@@H](C)CO. The van der Waals surface area contributed by atoms with Crippen LogP contribution in [0.1, 0.15) is 19.4 Å². The molecule has 0 bridgehead atoms. The number of aliphatic hydroxyl groups excluding tert-OH is 1. The molecule has 5 heteroatoms. The van der Waals surface area contributed by atoms with Crippen LogP contribution in [0.25, 0.3) is 0 Å². The van der Waals surface area contributed by atoms with Crippen LogP contribution in [-0.4, -0.2) is 29.8 Å². The van der Waals surface area contributed by atoms with Gasteiger partial charge < -0.3 is 15.2 Å². The zero-order chi connectivity index (χ0) is 13.7. The summed E-state index contributed by atoms with van der Waals surface area (Å²) in [6.45, 7) is 5.15. The average Bonchev–Trinajstić information content (AvgIpc) is 2.32. The van der Waals surface area contributed by atoms with Crippen molar-refractivity contribution in [3.8, 4) is 5.75 Å². The van der Waals surface area contributed by atoms with Gasteiger partial charge in [-0.05, 0) is 44.5 Å². The van der Waals surface area contributed by atoms with Gasteiger partial charge in [-0.15, -0.1) is 0 Å². The van der Waals surface area contributed by atoms with Gasteiger partial charge in [-0.1, -0.05) is 11.6 Å². The lowest BCUT2D eigenvalue weighted by atomic mass is 10.2. The van der Waals surface area contributed by atoms with Gasteiger partial charge in [0.1, 0.15) is 5.75 Å². The van der Waals surface area contributed by atoms with Crippen molar-refractivity contribution in [1.82, 2.24) is 5.32 Å². The van der Waals surface area contributed by atoms with Crippen molar-refractivity contribution in [3.63, 3.8) is 0 Å². The lowest BCUT2D eigenvalue weighted by molar-refractivity contribution is -0.128. The van der Waals surface area contributed by atoms with E-state index >= 15 is 0 Å². The van der Waals surface area contributed by atoms with E-state index in [2.05, 4.69) is 5.32 Å². The number of benzene rings is 1. The molecule has 0 saturated heterocycles. The molecule has 1 amide bonds. The van der Waals surface area contributed by atoms with Crippen molar-refractivity contribution in [2.45, 2.75) is 32.9 Å². The largest absolute Gasteiger partial charge is 0.481 e. The summed E-state index contributed by atoms with van der Waals surface area (Å²) in [5.74, 6) is 0.365. The minimum Gasteiger partial charge on any atom is -0.481 e. The van der Waals surface area contributed by atoms with Gasteiger partial charge in [0, 0.05) is 11.1 Å². The van der Waals surface area contributed by atoms with E-state index in [-0.39, 0.29) is 18.6 Å². The van der Waals surface area contributed by atoms with Gasteiger partial charge in [-0.2, -0.15) is 0 Å². The van der Waals surface area contributed by atoms with Crippen LogP contribution in [0.4, 0.5) is 0 Å². The van der Waals surface area contributed by atoms with Gasteiger partial charge in [-0.25, -0.2) is 0 Å². The van der Waals surface area contributed by atoms with Crippen molar-refractivity contribution in [2.24, 2.45) is 0 Å². The fourth-order valence-electron chi connectivity index (χ4n) is 1.39. The smallest absolute Gasteiger partial charge is 0.261 e. The first-order chi connectivity index (χ1) is 8.43. The first-order valence-electron chi connectivity index (χ1n) is 5.78. The van der Waals surface area contributed by atoms with Crippen LogP contribution in [0.2, 0.25) is 5.02 Å². The number of amides is 1. The molecule has 0 aromatic heterocycles. The Hall–Kier alpha value is -1.26. The fraction of sp³-hybridized carbons (Fsp3) is 0.462. The number of hydrogen-bond acceptors (Lipinski definition) is 3. The van der Waals surface area contributed by atoms with E-state index in [0.717, 1.165) is 5.56 Å². The topological polar surface area (TPSA) is 58.6 Å². The number of nitrogens with one attached hydrogen (secondary N) is 1. The number of hydrogen-bond donors (Lipinski definition) is 2. The lowest BCUT2D eigenvalue weighted by Gasteiger charge is -2.18. The van der Waals surface area contributed by atoms with Crippen molar-refractivity contribution >= 4 is 17.5 Å². The number of ether oxygens (including phenoxy) is 1. The molecule has 0 radical (unpaired) electrons. The van der Waals surface area contributed by atoms with Crippen LogP contribution in [0.3, 0.4) is 0 Å². The molecule has 0 aliphatic heterocycles. The molecule has 2 atom stereocenters. The second kappa shape index (κ2) is 6.61. The molecule has 1 aromatic rings. The van der Waals surface area contributed by atoms with Gasteiger partial charge in [-0.3, -0.25) is 4.79 Å². The molecule has 0 saturated carbocycles. The van der Waals surface area contributed by atoms with E-state index in [0.29, 0.717) is 10.8 Å². The van der Waals surface area contributed by atoms with Gasteiger partial charge in [0.05, 0.1) is 6.61 Å². The van der Waals surface area contributed by atoms with Gasteiger partial charge in [0.25, 0.3) is 5.91 Å². The predicted molar refractivity (Wildman–Crippen MR) is 71.0 cm³/mol. The summed E-state index contributed by atoms with van der Waals surface area (Å²) in [4.78, 5) is 11.7. The first-order valence-corrected chi connectivity index (χ1v) is 6.16. The Kier molecular flexibility index (Phi) is 5.44. The Morgan fingerprint density at radius 3 is 2.72 bits per heavy atom. The highest BCUT2D eigenvalue weighted by Crippen LogP contribution is 2.22. The van der Waals surface area contributed by atoms with Crippen LogP contribution >= 0.6 is 11.6 Å². The minimum atomic E-state index is -0.626. The predicted octanol–water partition coefficient (Wildman–Crippen LogP) is 1.91. The summed E-state index contributed by atoms with van der Waals surface area (Å²) < 4.78 is 5.55. The molecule has 0 aliphatic carbocycles. The fourth-order valence-corrected chi connectivity index (χ4v) is 1.62. The van der Waals surface area contributed by atoms with Gasteiger partial charge >= 0.3 is 0 Å². The molecule has 18 heavy (non-hydrogen) atoms. The van der Waals surface area contributed by atoms with Crippen LogP contribution in [0.5, 0.6) is 5.75 Å². The molecular formula is C13H18ClNO3. The lowest BCUT2D eigenvalue weighted by Crippen LogP contribution is -2.42. The number of aryl methyl sites for hydroxylation is 1. The Morgan fingerprint density at radius 2 is 2.17 bits per heavy atom. The molecule has 1 rings (SSSR count). The summed E-state index contributed by atoms with van der Waals surface area (Å²) >= 11 is 5.84. The molecule has 0 heterocycles. The van der Waals surface area contributed by atoms with Crippen molar-refractivity contribution in [1.29, 1.82) is 0 Å². The number of carbonyl (C=O) groups is 1. The molecule has 0 aliphatic rings. The minimum absolute atomic E-state index is 0.0988. The van der Waals surface area contributed by atoms with Crippen molar-refractivity contribution in [3.05, 3.63) is 28.8 Å². The van der Waals surface area contributed by atoms with E-state index in [1.807, 2.05) is 6.92 Å². The third kappa shape index (κ3) is 4.20. The Balaban J connectivity index is 2.63. The molecule has 2 N–H and O–H groups in total. The average molecular weight is 272 g/mol. The molecule has 100 valence electrons. The van der Waals surface area contributed by atoms with E-state index in [1.165, 1.54) is 0 Å². The Labute approximate surface area is 112 Å². The zero-order valence-electron chi connectivity index (χ0n) is 10.7. The quantitative estimate of drug-likeness (QED) is 0.860. The monoisotopic (exact) mass is 271 g/mol. The highest BCUT2D eigenvalue weighted by Gasteiger charge is 2.17. The maximum Gasteiger partial charge on any atom is 0.261 e. The number of aliphatic hydroxyl groups is 1. The number of carbonyl (C=O) groups excluding carboxylic acids is 1. The first kappa shape index (κ1) is 14.8. The summed E-state index contributed by atoms with van der Waals surface area (Å²) in [7, 11) is 0. The van der Waals surface area contributed by atoms with E-state index in [9.17, 15) is 4.79 Å². The highest BCUT2D eigenvalue weighted by molar-refractivity contribution is 6.30. The molecular weight excluding hydrogens is 254 g/mol. The number of rotatable bonds is 5. The highest BCUT2D eigenvalue weighted by atomic mass is 35.5. The normalized spacial score (nSPS) is 13.8. The third-order valence-corrected chi connectivity index (χ3v) is 2.71. The van der Waals surface area contributed by atoms with Crippen molar-refractivity contribution < 1.29 is 14.6 Å². The van der Waals surface area contributed by atoms with Crippen LogP contribution < -0.4 is 10.1 Å². The van der Waals surface area contributed by atoms with E-state index < -0.39 is 6.10 Å². The summed E-state index contributed by atoms with van der Waals surface area (Å²) in [6.07, 6.45) is -0.626. The van der Waals surface area contributed by atoms with Gasteiger partial charge in [0.2, 0.25) is 0 Å². The molecule has 0 spiro atoms. The molecule has 1 aromatic carbocycles. The third-order valence-electron chi connectivity index (χ3n) is 2.47. The van der Waals surface area contributed by atoms with Gasteiger partial charge in [0.15, 0.2) is 6.10 Å². The molecule has 1 unspecified atom stereocenters. The second-order valence-corrected chi connectivity index (χ2v) is 4.70. The maximum atomic E-state index is 11.7. The summed E-state index contributed by atoms with van der Waals surface area (Å²) in [6, 6.07) is 4.94. The summed E-state index contributed by atoms with van der Waals surface area (Å²) in [5, 5.41) is 12.1. The van der Waals surface area contributed by atoms with Crippen LogP contribution in [-0.2, 0) is 4.79 Å². The molecule has 0 fully saturated rings. The number of halogens is 1. The molecule has 4 nitrogen and oxygen atoms in total. The van der Waals surface area contributed by atoms with E-state index in [1.54, 1.807) is 32.0 Å². The van der Waals surface area contributed by atoms with E-state index in [4.69, 9.17) is 21.4 Å². The Morgan fingerprint density at radius 1 is 1.50 bits per heavy atom. The maximum absolute atomic E-state index is 11.7. The van der Waals surface area contributed by atoms with Crippen LogP contribution in [0.15, 0.2) is 18.2 Å². The second-order valence-electron chi connectivity index (χ2n) is 4.26. The zero-order valence-corrected chi connectivity index (χ0v) is 11.5. The summed E-state index contributed by atoms with van der Waals surface area (Å²) in [5.41, 5.74) is 0.873. The Bertz CT molecular complexity index is 423. The van der Waals surface area contributed by atoms with Crippen LogP contribution in [0, 0.1) is 6.92 Å². The standard InChI is InChI=1S/C13H18ClNO3/c1-8-6-11(14)4-5-12(8)18-10(3)13(17)15-9(2)7-16/h4-6,9-10,16H,7H2,1-3H3,(H,15,17)/t9-,10?/m0/s1. The van der Waals surface area contributed by atoms with Crippen molar-refractivity contribution in [2.75, 3.05) is 6.61 Å².